The maximum absolute atomic E-state index is 11.2. The number of nitrogen functional groups attached to an aromatic ring is 1. The molecule has 5 nitrogen and oxygen atoms in total. The third-order valence-corrected chi connectivity index (χ3v) is 2.32. The molecule has 5 heteroatoms. The molecule has 0 fully saturated rings. The van der Waals surface area contributed by atoms with E-state index in [0.29, 0.717) is 35.4 Å². The number of benzene rings is 1. The van der Waals surface area contributed by atoms with Gasteiger partial charge in [-0.15, -0.1) is 0 Å². The van der Waals surface area contributed by atoms with E-state index < -0.39 is 0 Å². The molecule has 92 valence electrons. The van der Waals surface area contributed by atoms with Crippen molar-refractivity contribution in [2.75, 3.05) is 24.3 Å². The molecule has 0 unspecified atom stereocenters. The molecule has 3 N–H and O–H groups in total. The van der Waals surface area contributed by atoms with Crippen LogP contribution in [0.5, 0.6) is 11.5 Å². The monoisotopic (exact) mass is 236 g/mol. The molecule has 0 saturated heterocycles. The van der Waals surface area contributed by atoms with Gasteiger partial charge in [-0.05, 0) is 5.92 Å². The van der Waals surface area contributed by atoms with Crippen LogP contribution in [0.3, 0.4) is 0 Å². The first-order chi connectivity index (χ1) is 8.06. The van der Waals surface area contributed by atoms with Crippen LogP contribution in [0.25, 0.3) is 0 Å². The summed E-state index contributed by atoms with van der Waals surface area (Å²) in [6, 6.07) is 3.37. The van der Waals surface area contributed by atoms with Crippen molar-refractivity contribution in [2.24, 2.45) is 5.92 Å². The first-order valence-electron chi connectivity index (χ1n) is 5.55. The van der Waals surface area contributed by atoms with Gasteiger partial charge in [0.2, 0.25) is 0 Å². The minimum absolute atomic E-state index is 0.0264. The maximum Gasteiger partial charge on any atom is 0.262 e. The SMILES string of the molecule is CC(C)COc1cc2c(cc1N)OCC(=O)N2. The minimum Gasteiger partial charge on any atom is -0.491 e. The van der Waals surface area contributed by atoms with E-state index in [1.807, 2.05) is 0 Å². The molecule has 1 aliphatic rings. The average molecular weight is 236 g/mol. The zero-order chi connectivity index (χ0) is 12.4. The Labute approximate surface area is 99.9 Å². The van der Waals surface area contributed by atoms with Gasteiger partial charge in [-0.3, -0.25) is 4.79 Å². The molecular weight excluding hydrogens is 220 g/mol. The second kappa shape index (κ2) is 4.53. The Morgan fingerprint density at radius 2 is 2.29 bits per heavy atom. The molecule has 1 aromatic rings. The van der Waals surface area contributed by atoms with Gasteiger partial charge in [-0.2, -0.15) is 0 Å². The van der Waals surface area contributed by atoms with Crippen LogP contribution in [0.15, 0.2) is 12.1 Å². The van der Waals surface area contributed by atoms with E-state index in [9.17, 15) is 4.79 Å². The lowest BCUT2D eigenvalue weighted by Crippen LogP contribution is -2.25. The van der Waals surface area contributed by atoms with Crippen LogP contribution in [-0.4, -0.2) is 19.1 Å². The fraction of sp³-hybridized carbons (Fsp3) is 0.417. The fourth-order valence-electron chi connectivity index (χ4n) is 1.50. The molecule has 0 aliphatic carbocycles. The van der Waals surface area contributed by atoms with E-state index in [0.717, 1.165) is 0 Å². The molecule has 0 atom stereocenters. The van der Waals surface area contributed by atoms with Gasteiger partial charge < -0.3 is 20.5 Å². The largest absolute Gasteiger partial charge is 0.491 e. The summed E-state index contributed by atoms with van der Waals surface area (Å²) >= 11 is 0. The molecule has 1 heterocycles. The number of amides is 1. The summed E-state index contributed by atoms with van der Waals surface area (Å²) in [5, 5.41) is 2.72. The summed E-state index contributed by atoms with van der Waals surface area (Å²) in [4.78, 5) is 11.2. The highest BCUT2D eigenvalue weighted by molar-refractivity contribution is 5.96. The number of rotatable bonds is 3. The highest BCUT2D eigenvalue weighted by Gasteiger charge is 2.18. The third-order valence-electron chi connectivity index (χ3n) is 2.32. The van der Waals surface area contributed by atoms with Gasteiger partial charge in [0.05, 0.1) is 18.0 Å². The number of anilines is 2. The van der Waals surface area contributed by atoms with Crippen LogP contribution in [0.2, 0.25) is 0 Å². The quantitative estimate of drug-likeness (QED) is 0.782. The molecule has 0 saturated carbocycles. The molecule has 1 aromatic carbocycles. The first-order valence-corrected chi connectivity index (χ1v) is 5.55. The van der Waals surface area contributed by atoms with Gasteiger partial charge in [0.15, 0.2) is 6.61 Å². The Morgan fingerprint density at radius 1 is 1.53 bits per heavy atom. The van der Waals surface area contributed by atoms with Gasteiger partial charge in [0.1, 0.15) is 11.5 Å². The zero-order valence-corrected chi connectivity index (χ0v) is 9.95. The molecule has 0 aromatic heterocycles. The normalized spacial score (nSPS) is 13.9. The van der Waals surface area contributed by atoms with Crippen LogP contribution in [0.1, 0.15) is 13.8 Å². The number of nitrogens with two attached hydrogens (primary N) is 1. The number of nitrogens with one attached hydrogen (secondary N) is 1. The molecule has 17 heavy (non-hydrogen) atoms. The molecule has 2 rings (SSSR count). The summed E-state index contributed by atoms with van der Waals surface area (Å²) in [7, 11) is 0. The molecule has 0 radical (unpaired) electrons. The Hall–Kier alpha value is -1.91. The van der Waals surface area contributed by atoms with Crippen LogP contribution >= 0.6 is 0 Å². The van der Waals surface area contributed by atoms with Crippen molar-refractivity contribution >= 4 is 17.3 Å². The van der Waals surface area contributed by atoms with Crippen molar-refractivity contribution < 1.29 is 14.3 Å². The standard InChI is InChI=1S/C12H16N2O3/c1-7(2)5-16-10-4-9-11(3-8(10)13)17-6-12(15)14-9/h3-4,7H,5-6,13H2,1-2H3,(H,14,15). The van der Waals surface area contributed by atoms with Crippen LogP contribution in [0, 0.1) is 5.92 Å². The van der Waals surface area contributed by atoms with E-state index in [1.165, 1.54) is 0 Å². The van der Waals surface area contributed by atoms with Crippen LogP contribution in [0.4, 0.5) is 11.4 Å². The second-order valence-electron chi connectivity index (χ2n) is 4.43. The molecule has 1 amide bonds. The van der Waals surface area contributed by atoms with Gasteiger partial charge in [-0.1, -0.05) is 13.8 Å². The number of ether oxygens (including phenoxy) is 2. The Bertz CT molecular complexity index is 444. The van der Waals surface area contributed by atoms with E-state index in [1.54, 1.807) is 12.1 Å². The Morgan fingerprint density at radius 3 is 3.00 bits per heavy atom. The summed E-state index contributed by atoms with van der Waals surface area (Å²) in [6.45, 7) is 4.72. The summed E-state index contributed by atoms with van der Waals surface area (Å²) in [5.74, 6) is 1.40. The predicted molar refractivity (Wildman–Crippen MR) is 65.3 cm³/mol. The van der Waals surface area contributed by atoms with Crippen LogP contribution in [-0.2, 0) is 4.79 Å². The molecule has 1 aliphatic heterocycles. The highest BCUT2D eigenvalue weighted by Crippen LogP contribution is 2.36. The number of hydrogen-bond acceptors (Lipinski definition) is 4. The summed E-state index contributed by atoms with van der Waals surface area (Å²) in [6.07, 6.45) is 0. The number of carbonyl (C=O) groups excluding carboxylic acids is 1. The lowest BCUT2D eigenvalue weighted by Gasteiger charge is -2.20. The summed E-state index contributed by atoms with van der Waals surface area (Å²) < 4.78 is 10.8. The maximum atomic E-state index is 11.2. The molecule has 0 spiro atoms. The Balaban J connectivity index is 2.23. The van der Waals surface area contributed by atoms with Crippen molar-refractivity contribution in [3.8, 4) is 11.5 Å². The Kier molecular flexibility index (Phi) is 3.08. The first kappa shape index (κ1) is 11.6. The zero-order valence-electron chi connectivity index (χ0n) is 9.95. The van der Waals surface area contributed by atoms with Crippen molar-refractivity contribution in [2.45, 2.75) is 13.8 Å². The van der Waals surface area contributed by atoms with Crippen molar-refractivity contribution in [1.82, 2.24) is 0 Å². The van der Waals surface area contributed by atoms with E-state index in [2.05, 4.69) is 19.2 Å². The molecule has 0 bridgehead atoms. The van der Waals surface area contributed by atoms with Crippen LogP contribution < -0.4 is 20.5 Å². The van der Waals surface area contributed by atoms with Gasteiger partial charge in [-0.25, -0.2) is 0 Å². The van der Waals surface area contributed by atoms with E-state index >= 15 is 0 Å². The number of fused-ring (bicyclic) bond motifs is 1. The van der Waals surface area contributed by atoms with Crippen molar-refractivity contribution in [3.63, 3.8) is 0 Å². The highest BCUT2D eigenvalue weighted by atomic mass is 16.5. The summed E-state index contributed by atoms with van der Waals surface area (Å²) in [5.41, 5.74) is 6.97. The average Bonchev–Trinajstić information content (AvgIpc) is 2.26. The predicted octanol–water partition coefficient (Wildman–Crippen LogP) is 1.63. The number of hydrogen-bond donors (Lipinski definition) is 2. The van der Waals surface area contributed by atoms with E-state index in [4.69, 9.17) is 15.2 Å². The van der Waals surface area contributed by atoms with Gasteiger partial charge in [0.25, 0.3) is 5.91 Å². The van der Waals surface area contributed by atoms with Gasteiger partial charge >= 0.3 is 0 Å². The van der Waals surface area contributed by atoms with Crippen molar-refractivity contribution in [1.29, 1.82) is 0 Å². The third kappa shape index (κ3) is 2.61. The lowest BCUT2D eigenvalue weighted by molar-refractivity contribution is -0.118. The molecular formula is C12H16N2O3. The fourth-order valence-corrected chi connectivity index (χ4v) is 1.50. The van der Waals surface area contributed by atoms with E-state index in [-0.39, 0.29) is 12.5 Å². The second-order valence-corrected chi connectivity index (χ2v) is 4.43. The minimum atomic E-state index is -0.169. The topological polar surface area (TPSA) is 73.6 Å². The number of carbonyl (C=O) groups is 1. The van der Waals surface area contributed by atoms with Crippen molar-refractivity contribution in [3.05, 3.63) is 12.1 Å². The smallest absolute Gasteiger partial charge is 0.262 e. The lowest BCUT2D eigenvalue weighted by atomic mass is 10.2. The van der Waals surface area contributed by atoms with Gasteiger partial charge in [0, 0.05) is 12.1 Å².